The number of methoxy groups -OCH3 is 1. The average Bonchev–Trinajstić information content (AvgIpc) is 3.43. The summed E-state index contributed by atoms with van der Waals surface area (Å²) in [4.78, 5) is 23.3. The van der Waals surface area contributed by atoms with Crippen molar-refractivity contribution in [3.05, 3.63) is 48.3 Å². The standard InChI is InChI=1S/C20H17N3O2/c1-23-16-11-21-15-5-3-12(13-4-6-17(25-2)22-10-13)9-14(15)18(16)20(7-8-20)19(23)24/h3-6,9-11H,7-8H2,1-2H3. The van der Waals surface area contributed by atoms with Gasteiger partial charge < -0.3 is 9.64 Å². The summed E-state index contributed by atoms with van der Waals surface area (Å²) in [5, 5.41) is 1.07. The second kappa shape index (κ2) is 4.79. The number of likely N-dealkylation sites (N-methyl/N-ethyl adjacent to an activating group) is 1. The van der Waals surface area contributed by atoms with Gasteiger partial charge in [0.25, 0.3) is 0 Å². The van der Waals surface area contributed by atoms with E-state index in [1.54, 1.807) is 18.2 Å². The molecular weight excluding hydrogens is 314 g/mol. The van der Waals surface area contributed by atoms with E-state index >= 15 is 0 Å². The van der Waals surface area contributed by atoms with Crippen molar-refractivity contribution in [3.63, 3.8) is 0 Å². The first-order chi connectivity index (χ1) is 12.1. The predicted octanol–water partition coefficient (Wildman–Crippen LogP) is 3.31. The zero-order valence-electron chi connectivity index (χ0n) is 14.1. The van der Waals surface area contributed by atoms with E-state index in [4.69, 9.17) is 4.74 Å². The summed E-state index contributed by atoms with van der Waals surface area (Å²) >= 11 is 0. The van der Waals surface area contributed by atoms with Crippen molar-refractivity contribution < 1.29 is 9.53 Å². The van der Waals surface area contributed by atoms with Gasteiger partial charge in [0.2, 0.25) is 11.8 Å². The number of fused-ring (bicyclic) bond motifs is 4. The van der Waals surface area contributed by atoms with Gasteiger partial charge >= 0.3 is 0 Å². The van der Waals surface area contributed by atoms with Crippen molar-refractivity contribution in [2.24, 2.45) is 0 Å². The van der Waals surface area contributed by atoms with Crippen LogP contribution in [0.15, 0.2) is 42.7 Å². The quantitative estimate of drug-likeness (QED) is 0.723. The molecule has 5 heteroatoms. The third-order valence-corrected chi connectivity index (χ3v) is 5.43. The molecule has 0 unspecified atom stereocenters. The molecule has 0 N–H and O–H groups in total. The van der Waals surface area contributed by atoms with E-state index in [2.05, 4.69) is 16.0 Å². The number of rotatable bonds is 2. The van der Waals surface area contributed by atoms with Crippen molar-refractivity contribution in [3.8, 4) is 17.0 Å². The SMILES string of the molecule is COc1ccc(-c2ccc3ncc4c(c3c2)C2(CC2)C(=O)N4C)cn1. The molecule has 124 valence electrons. The van der Waals surface area contributed by atoms with Crippen LogP contribution in [0, 0.1) is 0 Å². The van der Waals surface area contributed by atoms with Gasteiger partial charge in [-0.05, 0) is 36.6 Å². The Balaban J connectivity index is 1.72. The summed E-state index contributed by atoms with van der Waals surface area (Å²) in [7, 11) is 3.45. The number of hydrogen-bond donors (Lipinski definition) is 0. The van der Waals surface area contributed by atoms with E-state index in [-0.39, 0.29) is 11.3 Å². The van der Waals surface area contributed by atoms with Crippen LogP contribution in [0.4, 0.5) is 5.69 Å². The molecule has 5 nitrogen and oxygen atoms in total. The maximum Gasteiger partial charge on any atom is 0.237 e. The highest BCUT2D eigenvalue weighted by atomic mass is 16.5. The van der Waals surface area contributed by atoms with Gasteiger partial charge in [0.05, 0.1) is 29.9 Å². The maximum atomic E-state index is 12.7. The molecule has 5 rings (SSSR count). The summed E-state index contributed by atoms with van der Waals surface area (Å²) in [5.74, 6) is 0.796. The lowest BCUT2D eigenvalue weighted by atomic mass is 9.92. The minimum Gasteiger partial charge on any atom is -0.481 e. The molecule has 1 aliphatic heterocycles. The lowest BCUT2D eigenvalue weighted by Gasteiger charge is -2.11. The molecule has 1 aliphatic carbocycles. The zero-order chi connectivity index (χ0) is 17.2. The molecule has 2 aliphatic rings. The molecule has 2 aromatic heterocycles. The number of carbonyl (C=O) groups is 1. The van der Waals surface area contributed by atoms with Crippen LogP contribution in [0.25, 0.3) is 22.0 Å². The van der Waals surface area contributed by atoms with Gasteiger partial charge in [0, 0.05) is 35.8 Å². The molecule has 1 amide bonds. The van der Waals surface area contributed by atoms with Crippen LogP contribution in [0.2, 0.25) is 0 Å². The van der Waals surface area contributed by atoms with E-state index in [1.807, 2.05) is 37.5 Å². The minimum atomic E-state index is -0.317. The number of hydrogen-bond acceptors (Lipinski definition) is 4. The minimum absolute atomic E-state index is 0.202. The summed E-state index contributed by atoms with van der Waals surface area (Å²) < 4.78 is 5.13. The number of pyridine rings is 2. The predicted molar refractivity (Wildman–Crippen MR) is 95.8 cm³/mol. The van der Waals surface area contributed by atoms with Gasteiger partial charge in [-0.2, -0.15) is 0 Å². The van der Waals surface area contributed by atoms with Crippen molar-refractivity contribution in [1.82, 2.24) is 9.97 Å². The Labute approximate surface area is 145 Å². The summed E-state index contributed by atoms with van der Waals surface area (Å²) in [6.45, 7) is 0. The van der Waals surface area contributed by atoms with E-state index in [9.17, 15) is 4.79 Å². The van der Waals surface area contributed by atoms with Gasteiger partial charge in [-0.25, -0.2) is 4.98 Å². The second-order valence-corrected chi connectivity index (χ2v) is 6.79. The number of nitrogens with zero attached hydrogens (tertiary/aromatic N) is 3. The van der Waals surface area contributed by atoms with Crippen LogP contribution < -0.4 is 9.64 Å². The van der Waals surface area contributed by atoms with Crippen molar-refractivity contribution in [2.45, 2.75) is 18.3 Å². The van der Waals surface area contributed by atoms with Gasteiger partial charge in [-0.15, -0.1) is 0 Å². The highest BCUT2D eigenvalue weighted by Gasteiger charge is 2.59. The van der Waals surface area contributed by atoms with E-state index in [1.165, 1.54) is 0 Å². The van der Waals surface area contributed by atoms with Gasteiger partial charge in [0.15, 0.2) is 0 Å². The largest absolute Gasteiger partial charge is 0.481 e. The molecule has 1 fully saturated rings. The van der Waals surface area contributed by atoms with Crippen LogP contribution in [-0.4, -0.2) is 30.0 Å². The summed E-state index contributed by atoms with van der Waals surface area (Å²) in [6.07, 6.45) is 5.49. The fraction of sp³-hybridized carbons (Fsp3) is 0.250. The van der Waals surface area contributed by atoms with Crippen LogP contribution in [-0.2, 0) is 10.2 Å². The van der Waals surface area contributed by atoms with Crippen LogP contribution in [0.3, 0.4) is 0 Å². The van der Waals surface area contributed by atoms with Gasteiger partial charge in [-0.1, -0.05) is 6.07 Å². The van der Waals surface area contributed by atoms with E-state index in [0.29, 0.717) is 5.88 Å². The molecule has 0 saturated heterocycles. The Hall–Kier alpha value is -2.95. The highest BCUT2D eigenvalue weighted by Crippen LogP contribution is 2.58. The molecule has 1 saturated carbocycles. The highest BCUT2D eigenvalue weighted by molar-refractivity contribution is 6.14. The van der Waals surface area contributed by atoms with Gasteiger partial charge in [0.1, 0.15) is 0 Å². The topological polar surface area (TPSA) is 55.3 Å². The smallest absolute Gasteiger partial charge is 0.237 e. The Morgan fingerprint density at radius 3 is 2.56 bits per heavy atom. The summed E-state index contributed by atoms with van der Waals surface area (Å²) in [5.41, 5.74) is 4.78. The number of benzene rings is 1. The molecule has 3 aromatic rings. The van der Waals surface area contributed by atoms with Crippen molar-refractivity contribution in [1.29, 1.82) is 0 Å². The van der Waals surface area contributed by atoms with Crippen LogP contribution in [0.5, 0.6) is 5.88 Å². The van der Waals surface area contributed by atoms with Crippen molar-refractivity contribution >= 4 is 22.5 Å². The molecule has 1 aromatic carbocycles. The monoisotopic (exact) mass is 331 g/mol. The molecule has 0 atom stereocenters. The number of amides is 1. The summed E-state index contributed by atoms with van der Waals surface area (Å²) in [6, 6.07) is 10.1. The van der Waals surface area contributed by atoms with Gasteiger partial charge in [-0.3, -0.25) is 9.78 Å². The first-order valence-electron chi connectivity index (χ1n) is 8.36. The fourth-order valence-corrected chi connectivity index (χ4v) is 3.92. The zero-order valence-corrected chi connectivity index (χ0v) is 14.1. The maximum absolute atomic E-state index is 12.7. The number of ether oxygens (including phenoxy) is 1. The molecular formula is C20H17N3O2. The molecule has 0 radical (unpaired) electrons. The Morgan fingerprint density at radius 2 is 1.88 bits per heavy atom. The normalized spacial score (nSPS) is 17.2. The first-order valence-corrected chi connectivity index (χ1v) is 8.36. The fourth-order valence-electron chi connectivity index (χ4n) is 3.92. The first kappa shape index (κ1) is 14.4. The molecule has 25 heavy (non-hydrogen) atoms. The second-order valence-electron chi connectivity index (χ2n) is 6.79. The number of aromatic nitrogens is 2. The molecule has 3 heterocycles. The van der Waals surface area contributed by atoms with Crippen LogP contribution in [0.1, 0.15) is 18.4 Å². The van der Waals surface area contributed by atoms with Crippen molar-refractivity contribution in [2.75, 3.05) is 19.1 Å². The molecule has 1 spiro atoms. The van der Waals surface area contributed by atoms with E-state index in [0.717, 1.165) is 46.1 Å². The Morgan fingerprint density at radius 1 is 1.08 bits per heavy atom. The third kappa shape index (κ3) is 1.86. The Kier molecular flexibility index (Phi) is 2.76. The third-order valence-electron chi connectivity index (χ3n) is 5.43. The lowest BCUT2D eigenvalue weighted by Crippen LogP contribution is -2.28. The Bertz CT molecular complexity index is 1020. The van der Waals surface area contributed by atoms with E-state index < -0.39 is 0 Å². The van der Waals surface area contributed by atoms with Crippen LogP contribution >= 0.6 is 0 Å². The molecule has 0 bridgehead atoms. The lowest BCUT2D eigenvalue weighted by molar-refractivity contribution is -0.119. The number of carbonyl (C=O) groups excluding carboxylic acids is 1. The average molecular weight is 331 g/mol. The number of anilines is 1.